The standard InChI is InChI=1S/C18H20BrF/c1-4-13-7-8-14(5-2)15(11-13)18(19)16-10-12(3)6-9-17(16)20/h6-11,18H,4-5H2,1-3H3. The predicted molar refractivity (Wildman–Crippen MR) is 87.1 cm³/mol. The third-order valence-corrected chi connectivity index (χ3v) is 4.68. The van der Waals surface area contributed by atoms with E-state index >= 15 is 0 Å². The fraction of sp³-hybridized carbons (Fsp3) is 0.333. The third kappa shape index (κ3) is 3.12. The van der Waals surface area contributed by atoms with Crippen LogP contribution in [0.2, 0.25) is 0 Å². The van der Waals surface area contributed by atoms with Crippen LogP contribution in [0.25, 0.3) is 0 Å². The average Bonchev–Trinajstić information content (AvgIpc) is 2.48. The van der Waals surface area contributed by atoms with Crippen LogP contribution in [0.3, 0.4) is 0 Å². The molecule has 0 aliphatic carbocycles. The van der Waals surface area contributed by atoms with Crippen molar-refractivity contribution in [1.82, 2.24) is 0 Å². The van der Waals surface area contributed by atoms with Crippen LogP contribution >= 0.6 is 15.9 Å². The summed E-state index contributed by atoms with van der Waals surface area (Å²) < 4.78 is 14.1. The number of alkyl halides is 1. The second-order valence-electron chi connectivity index (χ2n) is 5.13. The van der Waals surface area contributed by atoms with Gasteiger partial charge in [0.2, 0.25) is 0 Å². The highest BCUT2D eigenvalue weighted by molar-refractivity contribution is 9.09. The summed E-state index contributed by atoms with van der Waals surface area (Å²) in [6, 6.07) is 11.8. The molecule has 0 aliphatic rings. The summed E-state index contributed by atoms with van der Waals surface area (Å²) in [5, 5.41) is 0. The van der Waals surface area contributed by atoms with Crippen LogP contribution in [0.4, 0.5) is 4.39 Å². The van der Waals surface area contributed by atoms with E-state index in [9.17, 15) is 4.39 Å². The molecule has 20 heavy (non-hydrogen) atoms. The Hall–Kier alpha value is -1.15. The van der Waals surface area contributed by atoms with Crippen molar-refractivity contribution < 1.29 is 4.39 Å². The Morgan fingerprint density at radius 2 is 1.75 bits per heavy atom. The van der Waals surface area contributed by atoms with Crippen molar-refractivity contribution in [2.24, 2.45) is 0 Å². The van der Waals surface area contributed by atoms with E-state index in [1.54, 1.807) is 6.07 Å². The maximum absolute atomic E-state index is 14.1. The number of hydrogen-bond acceptors (Lipinski definition) is 0. The minimum Gasteiger partial charge on any atom is -0.207 e. The molecular weight excluding hydrogens is 315 g/mol. The number of halogens is 2. The Kier molecular flexibility index (Phi) is 4.98. The first-order chi connectivity index (χ1) is 9.56. The lowest BCUT2D eigenvalue weighted by Crippen LogP contribution is -2.02. The number of aryl methyl sites for hydroxylation is 3. The second kappa shape index (κ2) is 6.53. The molecule has 2 aromatic rings. The van der Waals surface area contributed by atoms with Crippen LogP contribution in [-0.2, 0) is 12.8 Å². The van der Waals surface area contributed by atoms with Gasteiger partial charge in [0.25, 0.3) is 0 Å². The normalized spacial score (nSPS) is 12.4. The first-order valence-corrected chi connectivity index (χ1v) is 8.00. The van der Waals surface area contributed by atoms with Gasteiger partial charge in [0, 0.05) is 5.56 Å². The predicted octanol–water partition coefficient (Wildman–Crippen LogP) is 5.74. The van der Waals surface area contributed by atoms with Crippen LogP contribution in [0, 0.1) is 12.7 Å². The molecule has 2 aromatic carbocycles. The largest absolute Gasteiger partial charge is 0.207 e. The van der Waals surface area contributed by atoms with Crippen molar-refractivity contribution in [3.05, 3.63) is 70.0 Å². The molecule has 0 aromatic heterocycles. The maximum Gasteiger partial charge on any atom is 0.127 e. The van der Waals surface area contributed by atoms with Crippen molar-refractivity contribution >= 4 is 15.9 Å². The van der Waals surface area contributed by atoms with E-state index in [4.69, 9.17) is 0 Å². The van der Waals surface area contributed by atoms with Gasteiger partial charge >= 0.3 is 0 Å². The van der Waals surface area contributed by atoms with Gasteiger partial charge in [-0.2, -0.15) is 0 Å². The molecule has 2 heteroatoms. The smallest absolute Gasteiger partial charge is 0.127 e. The molecule has 0 nitrogen and oxygen atoms in total. The molecule has 0 fully saturated rings. The fourth-order valence-corrected chi connectivity index (χ4v) is 3.22. The third-order valence-electron chi connectivity index (χ3n) is 3.70. The Morgan fingerprint density at radius 1 is 1.00 bits per heavy atom. The molecule has 0 spiro atoms. The van der Waals surface area contributed by atoms with Gasteiger partial charge in [0.1, 0.15) is 5.82 Å². The highest BCUT2D eigenvalue weighted by atomic mass is 79.9. The summed E-state index contributed by atoms with van der Waals surface area (Å²) >= 11 is 3.69. The van der Waals surface area contributed by atoms with E-state index in [2.05, 4.69) is 48.0 Å². The van der Waals surface area contributed by atoms with Crippen molar-refractivity contribution in [3.8, 4) is 0 Å². The van der Waals surface area contributed by atoms with Crippen LogP contribution in [0.15, 0.2) is 36.4 Å². The highest BCUT2D eigenvalue weighted by Crippen LogP contribution is 2.35. The lowest BCUT2D eigenvalue weighted by Gasteiger charge is -2.17. The van der Waals surface area contributed by atoms with E-state index < -0.39 is 0 Å². The number of rotatable bonds is 4. The molecule has 0 saturated heterocycles. The van der Waals surface area contributed by atoms with Crippen LogP contribution in [0.1, 0.15) is 46.5 Å². The minimum atomic E-state index is -0.151. The van der Waals surface area contributed by atoms with E-state index in [-0.39, 0.29) is 10.6 Å². The number of hydrogen-bond donors (Lipinski definition) is 0. The summed E-state index contributed by atoms with van der Waals surface area (Å²) in [6.07, 6.45) is 1.95. The summed E-state index contributed by atoms with van der Waals surface area (Å²) in [5.41, 5.74) is 5.53. The van der Waals surface area contributed by atoms with Crippen molar-refractivity contribution in [2.75, 3.05) is 0 Å². The van der Waals surface area contributed by atoms with E-state index in [0.29, 0.717) is 5.56 Å². The molecule has 106 valence electrons. The summed E-state index contributed by atoms with van der Waals surface area (Å²) in [6.45, 7) is 6.27. The van der Waals surface area contributed by atoms with Gasteiger partial charge in [-0.25, -0.2) is 4.39 Å². The van der Waals surface area contributed by atoms with E-state index in [0.717, 1.165) is 18.4 Å². The van der Waals surface area contributed by atoms with Gasteiger partial charge in [0.05, 0.1) is 4.83 Å². The average molecular weight is 335 g/mol. The van der Waals surface area contributed by atoms with Gasteiger partial charge < -0.3 is 0 Å². The molecule has 2 rings (SSSR count). The zero-order valence-electron chi connectivity index (χ0n) is 12.2. The molecule has 0 radical (unpaired) electrons. The van der Waals surface area contributed by atoms with Gasteiger partial charge in [-0.05, 0) is 42.5 Å². The first-order valence-electron chi connectivity index (χ1n) is 7.08. The molecule has 1 atom stereocenters. The monoisotopic (exact) mass is 334 g/mol. The SMILES string of the molecule is CCc1ccc(CC)c(C(Br)c2cc(C)ccc2F)c1. The van der Waals surface area contributed by atoms with E-state index in [1.807, 2.05) is 19.1 Å². The Balaban J connectivity index is 2.51. The second-order valence-corrected chi connectivity index (χ2v) is 6.04. The molecule has 0 heterocycles. The molecule has 0 bridgehead atoms. The maximum atomic E-state index is 14.1. The van der Waals surface area contributed by atoms with Crippen molar-refractivity contribution in [3.63, 3.8) is 0 Å². The minimum absolute atomic E-state index is 0.0937. The van der Waals surface area contributed by atoms with Crippen LogP contribution in [-0.4, -0.2) is 0 Å². The van der Waals surface area contributed by atoms with Gasteiger partial charge in [-0.1, -0.05) is 65.7 Å². The molecule has 1 unspecified atom stereocenters. The van der Waals surface area contributed by atoms with Crippen LogP contribution < -0.4 is 0 Å². The van der Waals surface area contributed by atoms with Gasteiger partial charge in [-0.3, -0.25) is 0 Å². The molecule has 0 N–H and O–H groups in total. The summed E-state index contributed by atoms with van der Waals surface area (Å²) in [7, 11) is 0. The van der Waals surface area contributed by atoms with Gasteiger partial charge in [0.15, 0.2) is 0 Å². The zero-order chi connectivity index (χ0) is 14.7. The fourth-order valence-electron chi connectivity index (χ4n) is 2.45. The lowest BCUT2D eigenvalue weighted by molar-refractivity contribution is 0.612. The summed E-state index contributed by atoms with van der Waals surface area (Å²) in [4.78, 5) is -0.0937. The van der Waals surface area contributed by atoms with Crippen molar-refractivity contribution in [2.45, 2.75) is 38.4 Å². The van der Waals surface area contributed by atoms with Crippen LogP contribution in [0.5, 0.6) is 0 Å². The zero-order valence-corrected chi connectivity index (χ0v) is 13.8. The molecular formula is C18H20BrF. The quantitative estimate of drug-likeness (QED) is 0.625. The molecule has 0 aliphatic heterocycles. The molecule has 0 saturated carbocycles. The Bertz CT molecular complexity index is 604. The van der Waals surface area contributed by atoms with Crippen molar-refractivity contribution in [1.29, 1.82) is 0 Å². The van der Waals surface area contributed by atoms with E-state index in [1.165, 1.54) is 16.7 Å². The Labute approximate surface area is 129 Å². The number of benzene rings is 2. The highest BCUT2D eigenvalue weighted by Gasteiger charge is 2.18. The van der Waals surface area contributed by atoms with Gasteiger partial charge in [-0.15, -0.1) is 0 Å². The topological polar surface area (TPSA) is 0 Å². The molecule has 0 amide bonds. The summed E-state index contributed by atoms with van der Waals surface area (Å²) in [5.74, 6) is -0.151. The first kappa shape index (κ1) is 15.2. The lowest BCUT2D eigenvalue weighted by atomic mass is 9.94. The Morgan fingerprint density at radius 3 is 2.40 bits per heavy atom.